The first-order valence-corrected chi connectivity index (χ1v) is 6.37. The lowest BCUT2D eigenvalue weighted by molar-refractivity contribution is -0.130. The molecular formula is C11H17N3OS. The van der Waals surface area contributed by atoms with Crippen LogP contribution in [0.15, 0.2) is 5.51 Å². The van der Waals surface area contributed by atoms with Crippen LogP contribution in [0, 0.1) is 6.92 Å². The number of aryl methyl sites for hydroxylation is 1. The summed E-state index contributed by atoms with van der Waals surface area (Å²) in [6, 6.07) is 0.0987. The molecular weight excluding hydrogens is 222 g/mol. The third-order valence-electron chi connectivity index (χ3n) is 3.01. The first-order chi connectivity index (χ1) is 7.52. The Morgan fingerprint density at radius 3 is 2.81 bits per heavy atom. The fraction of sp³-hybridized carbons (Fsp3) is 0.636. The maximum atomic E-state index is 11.9. The number of rotatable bonds is 2. The number of nitrogens with two attached hydrogens (primary N) is 1. The Kier molecular flexibility index (Phi) is 2.99. The van der Waals surface area contributed by atoms with Crippen molar-refractivity contribution in [1.82, 2.24) is 9.88 Å². The minimum Gasteiger partial charge on any atom is -0.331 e. The molecule has 0 radical (unpaired) electrons. The Balaban J connectivity index is 2.38. The maximum absolute atomic E-state index is 11.9. The number of carbonyl (C=O) groups excluding carboxylic acids is 1. The SMILES string of the molecule is Cc1ncsc1[C@H]1[C@H](N)CC(=O)N1C(C)C. The van der Waals surface area contributed by atoms with Crippen LogP contribution in [0.2, 0.25) is 0 Å². The summed E-state index contributed by atoms with van der Waals surface area (Å²) in [5.41, 5.74) is 8.88. The van der Waals surface area contributed by atoms with Gasteiger partial charge in [0.25, 0.3) is 0 Å². The van der Waals surface area contributed by atoms with E-state index in [1.165, 1.54) is 0 Å². The first-order valence-electron chi connectivity index (χ1n) is 5.49. The summed E-state index contributed by atoms with van der Waals surface area (Å²) in [6.45, 7) is 6.03. The van der Waals surface area contributed by atoms with Crippen molar-refractivity contribution < 1.29 is 4.79 Å². The van der Waals surface area contributed by atoms with E-state index in [1.807, 2.05) is 31.2 Å². The van der Waals surface area contributed by atoms with Crippen molar-refractivity contribution in [3.63, 3.8) is 0 Å². The Morgan fingerprint density at radius 2 is 2.31 bits per heavy atom. The first kappa shape index (κ1) is 11.5. The third-order valence-corrected chi connectivity index (χ3v) is 4.01. The van der Waals surface area contributed by atoms with Crippen LogP contribution in [-0.4, -0.2) is 27.9 Å². The molecule has 4 nitrogen and oxygen atoms in total. The van der Waals surface area contributed by atoms with E-state index >= 15 is 0 Å². The molecule has 2 N–H and O–H groups in total. The van der Waals surface area contributed by atoms with Crippen LogP contribution in [0.1, 0.15) is 36.9 Å². The molecule has 2 heterocycles. The van der Waals surface area contributed by atoms with Gasteiger partial charge in [-0.1, -0.05) is 0 Å². The number of hydrogen-bond donors (Lipinski definition) is 1. The Hall–Kier alpha value is -0.940. The Labute approximate surface area is 99.5 Å². The zero-order valence-electron chi connectivity index (χ0n) is 9.80. The number of aromatic nitrogens is 1. The van der Waals surface area contributed by atoms with Gasteiger partial charge in [0.05, 0.1) is 22.1 Å². The van der Waals surface area contributed by atoms with E-state index in [0.717, 1.165) is 10.6 Å². The monoisotopic (exact) mass is 239 g/mol. The molecule has 16 heavy (non-hydrogen) atoms. The molecule has 0 unspecified atom stereocenters. The molecule has 1 aromatic heterocycles. The summed E-state index contributed by atoms with van der Waals surface area (Å²) >= 11 is 1.59. The minimum atomic E-state index is -0.103. The van der Waals surface area contributed by atoms with Crippen LogP contribution in [0.5, 0.6) is 0 Å². The second-order valence-electron chi connectivity index (χ2n) is 4.51. The third kappa shape index (κ3) is 1.74. The molecule has 1 aliphatic heterocycles. The molecule has 0 bridgehead atoms. The van der Waals surface area contributed by atoms with Gasteiger partial charge in [-0.25, -0.2) is 4.98 Å². The largest absolute Gasteiger partial charge is 0.331 e. The average molecular weight is 239 g/mol. The van der Waals surface area contributed by atoms with Gasteiger partial charge in [-0.3, -0.25) is 4.79 Å². The van der Waals surface area contributed by atoms with Crippen molar-refractivity contribution in [2.75, 3.05) is 0 Å². The molecule has 1 saturated heterocycles. The molecule has 0 aliphatic carbocycles. The van der Waals surface area contributed by atoms with Gasteiger partial charge in [-0.05, 0) is 20.8 Å². The second-order valence-corrected chi connectivity index (χ2v) is 5.40. The van der Waals surface area contributed by atoms with E-state index in [-0.39, 0.29) is 24.0 Å². The zero-order chi connectivity index (χ0) is 11.9. The van der Waals surface area contributed by atoms with Gasteiger partial charge in [-0.15, -0.1) is 11.3 Å². The molecule has 1 aromatic rings. The van der Waals surface area contributed by atoms with Crippen molar-refractivity contribution in [2.24, 2.45) is 5.73 Å². The number of hydrogen-bond acceptors (Lipinski definition) is 4. The predicted molar refractivity (Wildman–Crippen MR) is 64.2 cm³/mol. The van der Waals surface area contributed by atoms with Gasteiger partial charge in [0, 0.05) is 18.5 Å². The fourth-order valence-electron chi connectivity index (χ4n) is 2.30. The molecule has 2 rings (SSSR count). The van der Waals surface area contributed by atoms with Crippen LogP contribution in [0.25, 0.3) is 0 Å². The van der Waals surface area contributed by atoms with Crippen molar-refractivity contribution in [3.05, 3.63) is 16.1 Å². The molecule has 1 amide bonds. The smallest absolute Gasteiger partial charge is 0.225 e. The number of likely N-dealkylation sites (tertiary alicyclic amines) is 1. The van der Waals surface area contributed by atoms with E-state index in [4.69, 9.17) is 5.73 Å². The quantitative estimate of drug-likeness (QED) is 0.850. The van der Waals surface area contributed by atoms with Gasteiger partial charge >= 0.3 is 0 Å². The molecule has 1 aliphatic rings. The maximum Gasteiger partial charge on any atom is 0.225 e. The van der Waals surface area contributed by atoms with Crippen LogP contribution < -0.4 is 5.73 Å². The predicted octanol–water partition coefficient (Wildman–Crippen LogP) is 1.46. The lowest BCUT2D eigenvalue weighted by Crippen LogP contribution is -2.37. The summed E-state index contributed by atoms with van der Waals surface area (Å²) < 4.78 is 0. The van der Waals surface area contributed by atoms with Crippen molar-refractivity contribution in [2.45, 2.75) is 45.3 Å². The molecule has 0 saturated carbocycles. The Bertz CT molecular complexity index is 402. The normalized spacial score (nSPS) is 25.8. The van der Waals surface area contributed by atoms with Crippen LogP contribution in [0.4, 0.5) is 0 Å². The van der Waals surface area contributed by atoms with E-state index < -0.39 is 0 Å². The summed E-state index contributed by atoms with van der Waals surface area (Å²) in [7, 11) is 0. The van der Waals surface area contributed by atoms with Gasteiger partial charge in [-0.2, -0.15) is 0 Å². The number of amides is 1. The molecule has 88 valence electrons. The highest BCUT2D eigenvalue weighted by Crippen LogP contribution is 2.37. The molecule has 5 heteroatoms. The number of thiazole rings is 1. The summed E-state index contributed by atoms with van der Waals surface area (Å²) in [6.07, 6.45) is 0.445. The molecule has 0 spiro atoms. The van der Waals surface area contributed by atoms with Crippen molar-refractivity contribution >= 4 is 17.2 Å². The van der Waals surface area contributed by atoms with Crippen molar-refractivity contribution in [3.8, 4) is 0 Å². The van der Waals surface area contributed by atoms with E-state index in [0.29, 0.717) is 6.42 Å². The number of carbonyl (C=O) groups is 1. The standard InChI is InChI=1S/C11H17N3OS/c1-6(2)14-9(15)4-8(12)10(14)11-7(3)13-5-16-11/h5-6,8,10H,4,12H2,1-3H3/t8-,10-/m1/s1. The molecule has 0 aromatic carbocycles. The lowest BCUT2D eigenvalue weighted by atomic mass is 10.1. The summed E-state index contributed by atoms with van der Waals surface area (Å²) in [4.78, 5) is 19.1. The van der Waals surface area contributed by atoms with E-state index in [9.17, 15) is 4.79 Å². The summed E-state index contributed by atoms with van der Waals surface area (Å²) in [5, 5.41) is 0. The minimum absolute atomic E-state index is 0.0139. The van der Waals surface area contributed by atoms with Gasteiger partial charge in [0.2, 0.25) is 5.91 Å². The van der Waals surface area contributed by atoms with Gasteiger partial charge in [0.15, 0.2) is 0 Å². The molecule has 1 fully saturated rings. The van der Waals surface area contributed by atoms with Crippen LogP contribution in [0.3, 0.4) is 0 Å². The van der Waals surface area contributed by atoms with Crippen LogP contribution in [-0.2, 0) is 4.79 Å². The zero-order valence-corrected chi connectivity index (χ0v) is 10.6. The Morgan fingerprint density at radius 1 is 1.62 bits per heavy atom. The van der Waals surface area contributed by atoms with Gasteiger partial charge < -0.3 is 10.6 Å². The highest BCUT2D eigenvalue weighted by atomic mass is 32.1. The summed E-state index contributed by atoms with van der Waals surface area (Å²) in [5.74, 6) is 0.153. The fourth-order valence-corrected chi connectivity index (χ4v) is 3.28. The highest BCUT2D eigenvalue weighted by Gasteiger charge is 2.41. The van der Waals surface area contributed by atoms with E-state index in [1.54, 1.807) is 11.3 Å². The highest BCUT2D eigenvalue weighted by molar-refractivity contribution is 7.09. The molecule has 2 atom stereocenters. The topological polar surface area (TPSA) is 59.2 Å². The van der Waals surface area contributed by atoms with Gasteiger partial charge in [0.1, 0.15) is 0 Å². The lowest BCUT2D eigenvalue weighted by Gasteiger charge is -2.29. The second kappa shape index (κ2) is 4.14. The number of nitrogens with zero attached hydrogens (tertiary/aromatic N) is 2. The average Bonchev–Trinajstić information content (AvgIpc) is 2.69. The van der Waals surface area contributed by atoms with E-state index in [2.05, 4.69) is 4.98 Å². The van der Waals surface area contributed by atoms with Crippen LogP contribution >= 0.6 is 11.3 Å². The van der Waals surface area contributed by atoms with Crippen molar-refractivity contribution in [1.29, 1.82) is 0 Å².